The first-order chi connectivity index (χ1) is 15.1. The van der Waals surface area contributed by atoms with E-state index in [2.05, 4.69) is 60.7 Å². The maximum Gasteiger partial charge on any atom is 0.251 e. The zero-order chi connectivity index (χ0) is 21.4. The quantitative estimate of drug-likeness (QED) is 0.414. The molecule has 31 heavy (non-hydrogen) atoms. The molecule has 4 aromatic rings. The van der Waals surface area contributed by atoms with Crippen molar-refractivity contribution < 1.29 is 4.79 Å². The van der Waals surface area contributed by atoms with Gasteiger partial charge in [-0.3, -0.25) is 9.20 Å². The molecule has 0 radical (unpaired) electrons. The summed E-state index contributed by atoms with van der Waals surface area (Å²) in [6.07, 6.45) is 7.62. The van der Waals surface area contributed by atoms with Crippen molar-refractivity contribution in [1.29, 1.82) is 0 Å². The van der Waals surface area contributed by atoms with Crippen LogP contribution in [0.2, 0.25) is 0 Å². The fraction of sp³-hybridized carbons (Fsp3) is 0.185. The molecule has 4 heteroatoms. The predicted octanol–water partition coefficient (Wildman–Crippen LogP) is 5.61. The molecule has 2 aromatic heterocycles. The Bertz CT molecular complexity index is 1300. The molecule has 2 aromatic carbocycles. The first kappa shape index (κ1) is 19.3. The number of hydrogen-bond acceptors (Lipinski definition) is 2. The van der Waals surface area contributed by atoms with E-state index in [4.69, 9.17) is 4.98 Å². The predicted molar refractivity (Wildman–Crippen MR) is 126 cm³/mol. The second-order valence-electron chi connectivity index (χ2n) is 8.20. The first-order valence-corrected chi connectivity index (χ1v) is 10.7. The lowest BCUT2D eigenvalue weighted by atomic mass is 10.0. The van der Waals surface area contributed by atoms with E-state index >= 15 is 0 Å². The van der Waals surface area contributed by atoms with Gasteiger partial charge < -0.3 is 4.90 Å². The minimum Gasteiger partial charge on any atom is -0.309 e. The number of anilines is 1. The van der Waals surface area contributed by atoms with Gasteiger partial charge in [0.15, 0.2) is 0 Å². The Morgan fingerprint density at radius 1 is 1.00 bits per heavy atom. The second-order valence-corrected chi connectivity index (χ2v) is 8.20. The van der Waals surface area contributed by atoms with Crippen LogP contribution in [-0.4, -0.2) is 21.8 Å². The van der Waals surface area contributed by atoms with Crippen molar-refractivity contribution in [2.75, 3.05) is 11.4 Å². The van der Waals surface area contributed by atoms with E-state index in [1.54, 1.807) is 6.08 Å². The average Bonchev–Trinajstić information content (AvgIpc) is 3.15. The van der Waals surface area contributed by atoms with Gasteiger partial charge in [0.05, 0.1) is 11.4 Å². The van der Waals surface area contributed by atoms with Crippen molar-refractivity contribution in [2.45, 2.75) is 26.7 Å². The van der Waals surface area contributed by atoms with Gasteiger partial charge >= 0.3 is 0 Å². The zero-order valence-electron chi connectivity index (χ0n) is 17.9. The third-order valence-electron chi connectivity index (χ3n) is 5.90. The van der Waals surface area contributed by atoms with Crippen molar-refractivity contribution in [3.8, 4) is 11.3 Å². The number of aromatic nitrogens is 2. The standard InChI is InChI=1S/C27H25N3O/c1-19-9-11-22(12-10-19)27-24(29-17-15-20(2)18-25(29)28-27)13-14-26(31)30-16-5-7-21-6-3-4-8-23(21)30/h3-4,6,8-15,17-18H,5,7,16H2,1-2H3/b14-13+. The molecular weight excluding hydrogens is 382 g/mol. The van der Waals surface area contributed by atoms with Gasteiger partial charge in [0.25, 0.3) is 5.91 Å². The number of pyridine rings is 1. The minimum atomic E-state index is 0.00377. The highest BCUT2D eigenvalue weighted by atomic mass is 16.2. The smallest absolute Gasteiger partial charge is 0.251 e. The van der Waals surface area contributed by atoms with Crippen molar-refractivity contribution in [3.63, 3.8) is 0 Å². The van der Waals surface area contributed by atoms with Gasteiger partial charge in [0.2, 0.25) is 0 Å². The van der Waals surface area contributed by atoms with Gasteiger partial charge in [-0.2, -0.15) is 0 Å². The highest BCUT2D eigenvalue weighted by molar-refractivity contribution is 6.04. The molecule has 0 unspecified atom stereocenters. The van der Waals surface area contributed by atoms with Gasteiger partial charge in [-0.25, -0.2) is 4.98 Å². The van der Waals surface area contributed by atoms with E-state index in [1.807, 2.05) is 35.4 Å². The maximum atomic E-state index is 13.1. The van der Waals surface area contributed by atoms with Crippen LogP contribution in [0.15, 0.2) is 72.9 Å². The van der Waals surface area contributed by atoms with E-state index in [1.165, 1.54) is 11.1 Å². The summed E-state index contributed by atoms with van der Waals surface area (Å²) in [6, 6.07) is 20.7. The lowest BCUT2D eigenvalue weighted by molar-refractivity contribution is -0.114. The summed E-state index contributed by atoms with van der Waals surface area (Å²) < 4.78 is 2.05. The van der Waals surface area contributed by atoms with Crippen LogP contribution < -0.4 is 4.90 Å². The second kappa shape index (κ2) is 7.88. The SMILES string of the molecule is Cc1ccc(-c2nc3cc(C)ccn3c2/C=C/C(=O)N2CCCc3ccccc32)cc1. The zero-order valence-corrected chi connectivity index (χ0v) is 17.9. The molecule has 0 saturated carbocycles. The average molecular weight is 408 g/mol. The van der Waals surface area contributed by atoms with Gasteiger partial charge in [-0.05, 0) is 62.1 Å². The molecule has 1 aliphatic rings. The van der Waals surface area contributed by atoms with Crippen LogP contribution in [0.25, 0.3) is 23.0 Å². The fourth-order valence-corrected chi connectivity index (χ4v) is 4.25. The molecule has 154 valence electrons. The van der Waals surface area contributed by atoms with Gasteiger partial charge in [0.1, 0.15) is 5.65 Å². The molecule has 0 saturated heterocycles. The molecule has 0 spiro atoms. The van der Waals surface area contributed by atoms with Crippen LogP contribution >= 0.6 is 0 Å². The van der Waals surface area contributed by atoms with Crippen LogP contribution in [0.3, 0.4) is 0 Å². The number of amides is 1. The summed E-state index contributed by atoms with van der Waals surface area (Å²) in [4.78, 5) is 19.9. The van der Waals surface area contributed by atoms with E-state index < -0.39 is 0 Å². The van der Waals surface area contributed by atoms with Crippen LogP contribution in [0.1, 0.15) is 28.8 Å². The highest BCUT2D eigenvalue weighted by Gasteiger charge is 2.21. The monoisotopic (exact) mass is 407 g/mol. The van der Waals surface area contributed by atoms with Crippen molar-refractivity contribution in [3.05, 3.63) is 95.3 Å². The van der Waals surface area contributed by atoms with E-state index in [0.29, 0.717) is 0 Å². The minimum absolute atomic E-state index is 0.00377. The van der Waals surface area contributed by atoms with Gasteiger partial charge in [0, 0.05) is 30.1 Å². The number of hydrogen-bond donors (Lipinski definition) is 0. The molecule has 1 amide bonds. The van der Waals surface area contributed by atoms with Crippen LogP contribution in [-0.2, 0) is 11.2 Å². The molecule has 0 fully saturated rings. The normalized spacial score (nSPS) is 13.7. The van der Waals surface area contributed by atoms with Crippen molar-refractivity contribution >= 4 is 23.3 Å². The molecule has 5 rings (SSSR count). The topological polar surface area (TPSA) is 37.6 Å². The Kier molecular flexibility index (Phi) is 4.91. The highest BCUT2D eigenvalue weighted by Crippen LogP contribution is 2.29. The Labute approximate surface area is 182 Å². The first-order valence-electron chi connectivity index (χ1n) is 10.7. The Morgan fingerprint density at radius 2 is 1.81 bits per heavy atom. The number of rotatable bonds is 3. The number of carbonyl (C=O) groups is 1. The lowest BCUT2D eigenvalue weighted by Crippen LogP contribution is -2.34. The third kappa shape index (κ3) is 3.66. The molecule has 0 aliphatic carbocycles. The number of nitrogens with zero attached hydrogens (tertiary/aromatic N) is 3. The summed E-state index contributed by atoms with van der Waals surface area (Å²) in [5, 5.41) is 0. The Balaban J connectivity index is 1.55. The van der Waals surface area contributed by atoms with E-state index in [0.717, 1.165) is 53.2 Å². The maximum absolute atomic E-state index is 13.1. The molecule has 1 aliphatic heterocycles. The summed E-state index contributed by atoms with van der Waals surface area (Å²) >= 11 is 0. The lowest BCUT2D eigenvalue weighted by Gasteiger charge is -2.28. The van der Waals surface area contributed by atoms with Crippen molar-refractivity contribution in [2.24, 2.45) is 0 Å². The molecule has 0 bridgehead atoms. The van der Waals surface area contributed by atoms with Gasteiger partial charge in [-0.1, -0.05) is 48.0 Å². The molecule has 0 atom stereocenters. The summed E-state index contributed by atoms with van der Waals surface area (Å²) in [6.45, 7) is 4.89. The fourth-order valence-electron chi connectivity index (χ4n) is 4.25. The van der Waals surface area contributed by atoms with Crippen molar-refractivity contribution in [1.82, 2.24) is 9.38 Å². The Morgan fingerprint density at radius 3 is 2.65 bits per heavy atom. The number of aryl methyl sites for hydroxylation is 3. The number of imidazole rings is 1. The summed E-state index contributed by atoms with van der Waals surface area (Å²) in [5.41, 5.74) is 8.35. The van der Waals surface area contributed by atoms with Crippen LogP contribution in [0.5, 0.6) is 0 Å². The molecule has 0 N–H and O–H groups in total. The van der Waals surface area contributed by atoms with Crippen LogP contribution in [0.4, 0.5) is 5.69 Å². The summed E-state index contributed by atoms with van der Waals surface area (Å²) in [5.74, 6) is 0.00377. The molecule has 4 nitrogen and oxygen atoms in total. The molecule has 3 heterocycles. The van der Waals surface area contributed by atoms with E-state index in [-0.39, 0.29) is 5.91 Å². The third-order valence-corrected chi connectivity index (χ3v) is 5.90. The number of benzene rings is 2. The number of para-hydroxylation sites is 1. The largest absolute Gasteiger partial charge is 0.309 e. The molecular formula is C27H25N3O. The van der Waals surface area contributed by atoms with E-state index in [9.17, 15) is 4.79 Å². The van der Waals surface area contributed by atoms with Crippen LogP contribution in [0, 0.1) is 13.8 Å². The number of fused-ring (bicyclic) bond motifs is 2. The summed E-state index contributed by atoms with van der Waals surface area (Å²) in [7, 11) is 0. The Hall–Kier alpha value is -3.66. The number of carbonyl (C=O) groups excluding carboxylic acids is 1. The van der Waals surface area contributed by atoms with Gasteiger partial charge in [-0.15, -0.1) is 0 Å².